The molecule has 0 amide bonds. The van der Waals surface area contributed by atoms with Crippen LogP contribution in [0.15, 0.2) is 24.3 Å². The van der Waals surface area contributed by atoms with Crippen molar-refractivity contribution < 1.29 is 14.7 Å². The van der Waals surface area contributed by atoms with Gasteiger partial charge in [0.15, 0.2) is 6.29 Å². The van der Waals surface area contributed by atoms with Gasteiger partial charge in [-0.05, 0) is 26.3 Å². The van der Waals surface area contributed by atoms with Gasteiger partial charge in [0.25, 0.3) is 0 Å². The summed E-state index contributed by atoms with van der Waals surface area (Å²) in [5.74, 6) is -1.06. The van der Waals surface area contributed by atoms with Crippen molar-refractivity contribution in [2.24, 2.45) is 0 Å². The molecule has 0 bridgehead atoms. The third-order valence-electron chi connectivity index (χ3n) is 3.62. The molecule has 0 saturated heterocycles. The van der Waals surface area contributed by atoms with E-state index in [-0.39, 0.29) is 11.1 Å². The Morgan fingerprint density at radius 3 is 2.20 bits per heavy atom. The first-order chi connectivity index (χ1) is 9.45. The maximum atomic E-state index is 11.3. The summed E-state index contributed by atoms with van der Waals surface area (Å²) >= 11 is 0. The predicted octanol–water partition coefficient (Wildman–Crippen LogP) is 2.97. The van der Waals surface area contributed by atoms with Crippen LogP contribution in [0.25, 0.3) is 0 Å². The van der Waals surface area contributed by atoms with E-state index in [1.807, 2.05) is 35.8 Å². The Labute approximate surface area is 117 Å². The molecule has 20 heavy (non-hydrogen) atoms. The van der Waals surface area contributed by atoms with E-state index >= 15 is 0 Å². The van der Waals surface area contributed by atoms with Gasteiger partial charge in [-0.25, -0.2) is 4.79 Å². The molecule has 2 rings (SSSR count). The highest BCUT2D eigenvalue weighted by Crippen LogP contribution is 2.22. The molecule has 0 spiro atoms. The molecule has 0 aliphatic carbocycles. The Hall–Kier alpha value is -2.36. The molecule has 1 aromatic carbocycles. The van der Waals surface area contributed by atoms with E-state index in [1.165, 1.54) is 5.56 Å². The first-order valence-corrected chi connectivity index (χ1v) is 6.39. The van der Waals surface area contributed by atoms with Crippen LogP contribution in [0.3, 0.4) is 0 Å². The van der Waals surface area contributed by atoms with Gasteiger partial charge in [-0.1, -0.05) is 29.8 Å². The molecule has 0 radical (unpaired) electrons. The van der Waals surface area contributed by atoms with E-state index in [0.717, 1.165) is 5.56 Å². The van der Waals surface area contributed by atoms with Crippen LogP contribution in [-0.2, 0) is 6.54 Å². The molecule has 0 fully saturated rings. The second-order valence-electron chi connectivity index (χ2n) is 4.95. The number of benzene rings is 1. The molecule has 1 aromatic heterocycles. The van der Waals surface area contributed by atoms with Crippen molar-refractivity contribution in [3.63, 3.8) is 0 Å². The second kappa shape index (κ2) is 5.33. The average Bonchev–Trinajstić information content (AvgIpc) is 2.65. The number of carboxylic acids is 1. The fourth-order valence-electron chi connectivity index (χ4n) is 2.44. The smallest absolute Gasteiger partial charge is 0.338 e. The van der Waals surface area contributed by atoms with Crippen LogP contribution >= 0.6 is 0 Å². The minimum atomic E-state index is -1.06. The standard InChI is InChI=1S/C16H17NO3/c1-10-4-6-13(7-5-10)8-17-11(2)14(9-18)15(12(17)3)16(19)20/h4-7,9H,8H2,1-3H3,(H,19,20). The average molecular weight is 271 g/mol. The molecule has 0 unspecified atom stereocenters. The number of nitrogens with zero attached hydrogens (tertiary/aromatic N) is 1. The zero-order chi connectivity index (χ0) is 14.9. The van der Waals surface area contributed by atoms with Crippen molar-refractivity contribution in [2.45, 2.75) is 27.3 Å². The summed E-state index contributed by atoms with van der Waals surface area (Å²) in [4.78, 5) is 22.4. The lowest BCUT2D eigenvalue weighted by molar-refractivity contribution is 0.0693. The first-order valence-electron chi connectivity index (χ1n) is 6.39. The van der Waals surface area contributed by atoms with E-state index in [2.05, 4.69) is 0 Å². The third kappa shape index (κ3) is 2.37. The maximum Gasteiger partial charge on any atom is 0.338 e. The van der Waals surface area contributed by atoms with Gasteiger partial charge in [0.05, 0.1) is 5.56 Å². The largest absolute Gasteiger partial charge is 0.478 e. The minimum absolute atomic E-state index is 0.101. The highest BCUT2D eigenvalue weighted by atomic mass is 16.4. The van der Waals surface area contributed by atoms with Crippen LogP contribution in [0.1, 0.15) is 43.2 Å². The maximum absolute atomic E-state index is 11.3. The van der Waals surface area contributed by atoms with Crippen molar-refractivity contribution in [1.29, 1.82) is 0 Å². The number of carboxylic acid groups (broad SMARTS) is 1. The minimum Gasteiger partial charge on any atom is -0.478 e. The molecule has 2 aromatic rings. The molecular weight excluding hydrogens is 254 g/mol. The van der Waals surface area contributed by atoms with Crippen LogP contribution < -0.4 is 0 Å². The fourth-order valence-corrected chi connectivity index (χ4v) is 2.44. The van der Waals surface area contributed by atoms with E-state index in [1.54, 1.807) is 13.8 Å². The SMILES string of the molecule is Cc1ccc(Cn2c(C)c(C=O)c(C(=O)O)c2C)cc1. The lowest BCUT2D eigenvalue weighted by Crippen LogP contribution is -2.05. The number of hydrogen-bond donors (Lipinski definition) is 1. The number of carbonyl (C=O) groups excluding carboxylic acids is 1. The molecule has 4 nitrogen and oxygen atoms in total. The Morgan fingerprint density at radius 2 is 1.75 bits per heavy atom. The van der Waals surface area contributed by atoms with Crippen LogP contribution in [0.4, 0.5) is 0 Å². The van der Waals surface area contributed by atoms with Gasteiger partial charge in [0.2, 0.25) is 0 Å². The van der Waals surface area contributed by atoms with Gasteiger partial charge in [0, 0.05) is 23.5 Å². The fraction of sp³-hybridized carbons (Fsp3) is 0.250. The van der Waals surface area contributed by atoms with Gasteiger partial charge in [0.1, 0.15) is 0 Å². The molecule has 1 heterocycles. The monoisotopic (exact) mass is 271 g/mol. The molecule has 104 valence electrons. The van der Waals surface area contributed by atoms with Gasteiger partial charge >= 0.3 is 5.97 Å². The summed E-state index contributed by atoms with van der Waals surface area (Å²) in [6.45, 7) is 6.09. The van der Waals surface area contributed by atoms with Crippen molar-refractivity contribution in [1.82, 2.24) is 4.57 Å². The molecule has 0 aliphatic heterocycles. The van der Waals surface area contributed by atoms with Crippen molar-refractivity contribution >= 4 is 12.3 Å². The number of aryl methyl sites for hydroxylation is 1. The summed E-state index contributed by atoms with van der Waals surface area (Å²) in [5, 5.41) is 9.25. The van der Waals surface area contributed by atoms with E-state index in [4.69, 9.17) is 0 Å². The van der Waals surface area contributed by atoms with Crippen molar-refractivity contribution in [3.8, 4) is 0 Å². The Kier molecular flexibility index (Phi) is 3.74. The lowest BCUT2D eigenvalue weighted by Gasteiger charge is -2.10. The normalized spacial score (nSPS) is 10.6. The van der Waals surface area contributed by atoms with Gasteiger partial charge in [-0.3, -0.25) is 4.79 Å². The van der Waals surface area contributed by atoms with Crippen LogP contribution in [0, 0.1) is 20.8 Å². The van der Waals surface area contributed by atoms with Gasteiger partial charge in [-0.2, -0.15) is 0 Å². The summed E-state index contributed by atoms with van der Waals surface area (Å²) < 4.78 is 1.87. The van der Waals surface area contributed by atoms with Crippen LogP contribution in [0.2, 0.25) is 0 Å². The molecule has 4 heteroatoms. The Balaban J connectivity index is 2.49. The molecule has 0 saturated carbocycles. The number of aromatic nitrogens is 1. The zero-order valence-corrected chi connectivity index (χ0v) is 11.8. The topological polar surface area (TPSA) is 59.3 Å². The highest BCUT2D eigenvalue weighted by molar-refractivity contribution is 5.99. The summed E-state index contributed by atoms with van der Waals surface area (Å²) in [6.07, 6.45) is 0.622. The van der Waals surface area contributed by atoms with Crippen molar-refractivity contribution in [3.05, 3.63) is 57.9 Å². The molecule has 0 aliphatic rings. The van der Waals surface area contributed by atoms with Crippen molar-refractivity contribution in [2.75, 3.05) is 0 Å². The number of rotatable bonds is 4. The number of hydrogen-bond acceptors (Lipinski definition) is 2. The van der Waals surface area contributed by atoms with E-state index in [9.17, 15) is 14.7 Å². The molecule has 1 N–H and O–H groups in total. The first kappa shape index (κ1) is 14.1. The van der Waals surface area contributed by atoms with E-state index < -0.39 is 5.97 Å². The van der Waals surface area contributed by atoms with E-state index in [0.29, 0.717) is 24.2 Å². The quantitative estimate of drug-likeness (QED) is 0.870. The number of aldehydes is 1. The highest BCUT2D eigenvalue weighted by Gasteiger charge is 2.22. The van der Waals surface area contributed by atoms with Gasteiger partial charge < -0.3 is 9.67 Å². The molecular formula is C16H17NO3. The summed E-state index contributed by atoms with van der Waals surface area (Å²) in [6, 6.07) is 8.05. The lowest BCUT2D eigenvalue weighted by atomic mass is 10.1. The van der Waals surface area contributed by atoms with Gasteiger partial charge in [-0.15, -0.1) is 0 Å². The zero-order valence-electron chi connectivity index (χ0n) is 11.8. The Bertz CT molecular complexity index is 666. The third-order valence-corrected chi connectivity index (χ3v) is 3.62. The Morgan fingerprint density at radius 1 is 1.15 bits per heavy atom. The number of carbonyl (C=O) groups is 2. The molecule has 0 atom stereocenters. The number of aromatic carboxylic acids is 1. The second-order valence-corrected chi connectivity index (χ2v) is 4.95. The predicted molar refractivity (Wildman–Crippen MR) is 76.5 cm³/mol. The summed E-state index contributed by atoms with van der Waals surface area (Å²) in [7, 11) is 0. The summed E-state index contributed by atoms with van der Waals surface area (Å²) in [5.41, 5.74) is 3.92. The van der Waals surface area contributed by atoms with Crippen LogP contribution in [0.5, 0.6) is 0 Å². The van der Waals surface area contributed by atoms with Crippen LogP contribution in [-0.4, -0.2) is 21.9 Å².